The van der Waals surface area contributed by atoms with Gasteiger partial charge in [-0.2, -0.15) is 5.10 Å². The first-order chi connectivity index (χ1) is 9.60. The van der Waals surface area contributed by atoms with E-state index in [1.54, 1.807) is 6.20 Å². The molecule has 1 aliphatic carbocycles. The van der Waals surface area contributed by atoms with Crippen molar-refractivity contribution in [1.82, 2.24) is 9.78 Å². The number of hydrogen-bond acceptors (Lipinski definition) is 4. The van der Waals surface area contributed by atoms with Crippen molar-refractivity contribution in [2.75, 3.05) is 18.5 Å². The van der Waals surface area contributed by atoms with Gasteiger partial charge in [0.25, 0.3) is 5.56 Å². The zero-order valence-electron chi connectivity index (χ0n) is 12.2. The van der Waals surface area contributed by atoms with Crippen LogP contribution in [0.1, 0.15) is 32.6 Å². The molecule has 1 heterocycles. The van der Waals surface area contributed by atoms with Crippen molar-refractivity contribution >= 4 is 21.6 Å². The zero-order chi connectivity index (χ0) is 14.7. The third-order valence-corrected chi connectivity index (χ3v) is 4.72. The Kier molecular flexibility index (Phi) is 5.21. The molecule has 5 nitrogen and oxygen atoms in total. The molecule has 2 N–H and O–H groups in total. The number of anilines is 1. The van der Waals surface area contributed by atoms with Crippen molar-refractivity contribution in [3.05, 3.63) is 21.0 Å². The van der Waals surface area contributed by atoms with Crippen LogP contribution in [0.2, 0.25) is 0 Å². The second kappa shape index (κ2) is 6.72. The number of aryl methyl sites for hydroxylation is 1. The Morgan fingerprint density at radius 2 is 2.30 bits per heavy atom. The van der Waals surface area contributed by atoms with Crippen molar-refractivity contribution in [2.24, 2.45) is 11.7 Å². The fraction of sp³-hybridized carbons (Fsp3) is 0.714. The molecule has 0 spiro atoms. The number of nitrogens with two attached hydrogens (primary N) is 1. The van der Waals surface area contributed by atoms with Gasteiger partial charge in [-0.05, 0) is 41.1 Å². The summed E-state index contributed by atoms with van der Waals surface area (Å²) >= 11 is 3.43. The third kappa shape index (κ3) is 3.23. The molecule has 1 atom stereocenters. The first kappa shape index (κ1) is 15.5. The predicted octanol–water partition coefficient (Wildman–Crippen LogP) is 1.98. The number of rotatable bonds is 7. The van der Waals surface area contributed by atoms with Crippen LogP contribution in [0.15, 0.2) is 15.5 Å². The highest BCUT2D eigenvalue weighted by atomic mass is 79.9. The van der Waals surface area contributed by atoms with Crippen molar-refractivity contribution in [2.45, 2.75) is 45.2 Å². The van der Waals surface area contributed by atoms with E-state index in [1.807, 2.05) is 7.05 Å². The van der Waals surface area contributed by atoms with Crippen LogP contribution in [0.5, 0.6) is 0 Å². The quantitative estimate of drug-likeness (QED) is 0.822. The number of unbranched alkanes of at least 4 members (excludes halogenated alkanes) is 1. The van der Waals surface area contributed by atoms with Crippen LogP contribution in [0, 0.1) is 5.92 Å². The van der Waals surface area contributed by atoms with Crippen molar-refractivity contribution in [1.29, 1.82) is 0 Å². The van der Waals surface area contributed by atoms with Gasteiger partial charge in [0, 0.05) is 26.2 Å². The maximum Gasteiger partial charge on any atom is 0.283 e. The van der Waals surface area contributed by atoms with E-state index in [4.69, 9.17) is 5.73 Å². The second-order valence-corrected chi connectivity index (χ2v) is 6.27. The summed E-state index contributed by atoms with van der Waals surface area (Å²) in [7, 11) is 1.99. The molecular weight excluding hydrogens is 320 g/mol. The molecule has 0 aliphatic heterocycles. The van der Waals surface area contributed by atoms with E-state index in [2.05, 4.69) is 32.9 Å². The Hall–Kier alpha value is -0.880. The average Bonchev–Trinajstić information content (AvgIpc) is 3.26. The molecule has 1 unspecified atom stereocenters. The van der Waals surface area contributed by atoms with Gasteiger partial charge in [-0.15, -0.1) is 0 Å². The summed E-state index contributed by atoms with van der Waals surface area (Å²) in [6.45, 7) is 3.37. The number of aromatic nitrogens is 2. The van der Waals surface area contributed by atoms with Crippen molar-refractivity contribution in [3.63, 3.8) is 0 Å². The van der Waals surface area contributed by atoms with Gasteiger partial charge in [0.1, 0.15) is 4.47 Å². The highest BCUT2D eigenvalue weighted by molar-refractivity contribution is 9.10. The molecule has 1 aromatic heterocycles. The molecule has 2 rings (SSSR count). The van der Waals surface area contributed by atoms with Crippen molar-refractivity contribution in [3.8, 4) is 0 Å². The summed E-state index contributed by atoms with van der Waals surface area (Å²) in [6.07, 6.45) is 6.23. The number of halogens is 1. The Bertz CT molecular complexity index is 512. The molecule has 1 fully saturated rings. The topological polar surface area (TPSA) is 64.2 Å². The summed E-state index contributed by atoms with van der Waals surface area (Å²) in [5, 5.41) is 4.29. The summed E-state index contributed by atoms with van der Waals surface area (Å²) in [5.41, 5.74) is 6.65. The highest BCUT2D eigenvalue weighted by Crippen LogP contribution is 2.36. The number of hydrogen-bond donors (Lipinski definition) is 1. The Labute approximate surface area is 128 Å². The molecule has 1 aromatic rings. The first-order valence-electron chi connectivity index (χ1n) is 7.28. The molecule has 6 heteroatoms. The van der Waals surface area contributed by atoms with E-state index in [1.165, 1.54) is 17.5 Å². The maximum absolute atomic E-state index is 12.3. The Morgan fingerprint density at radius 3 is 2.85 bits per heavy atom. The van der Waals surface area contributed by atoms with Crippen LogP contribution >= 0.6 is 15.9 Å². The largest absolute Gasteiger partial charge is 0.368 e. The fourth-order valence-electron chi connectivity index (χ4n) is 2.50. The molecule has 20 heavy (non-hydrogen) atoms. The second-order valence-electron chi connectivity index (χ2n) is 5.48. The fourth-order valence-corrected chi connectivity index (χ4v) is 3.08. The number of nitrogens with zero attached hydrogens (tertiary/aromatic N) is 3. The lowest BCUT2D eigenvalue weighted by molar-refractivity contribution is 0.533. The van der Waals surface area contributed by atoms with Crippen LogP contribution in [-0.2, 0) is 6.54 Å². The minimum Gasteiger partial charge on any atom is -0.368 e. The average molecular weight is 343 g/mol. The van der Waals surface area contributed by atoms with Gasteiger partial charge in [0.15, 0.2) is 0 Å². The monoisotopic (exact) mass is 342 g/mol. The Morgan fingerprint density at radius 1 is 1.60 bits per heavy atom. The summed E-state index contributed by atoms with van der Waals surface area (Å²) in [6, 6.07) is 0.291. The van der Waals surface area contributed by atoms with Gasteiger partial charge in [-0.1, -0.05) is 13.3 Å². The summed E-state index contributed by atoms with van der Waals surface area (Å²) < 4.78 is 2.12. The smallest absolute Gasteiger partial charge is 0.283 e. The standard InChI is InChI=1S/C14H23BrN4O/c1-3-4-7-19-14(20)13(15)12(9-17-19)18(2)11(8-16)10-5-6-10/h9-11H,3-8,16H2,1-2H3. The first-order valence-corrected chi connectivity index (χ1v) is 8.08. The lowest BCUT2D eigenvalue weighted by Crippen LogP contribution is -2.41. The lowest BCUT2D eigenvalue weighted by atomic mass is 10.1. The molecule has 1 aliphatic rings. The van der Waals surface area contributed by atoms with Crippen LogP contribution in [0.25, 0.3) is 0 Å². The molecule has 0 amide bonds. The molecule has 0 aromatic carbocycles. The van der Waals surface area contributed by atoms with E-state index >= 15 is 0 Å². The maximum atomic E-state index is 12.3. The Balaban J connectivity index is 2.23. The van der Waals surface area contributed by atoms with Crippen LogP contribution in [-0.4, -0.2) is 29.4 Å². The highest BCUT2D eigenvalue weighted by Gasteiger charge is 2.34. The minimum atomic E-state index is -0.0608. The van der Waals surface area contributed by atoms with Gasteiger partial charge in [-0.25, -0.2) is 4.68 Å². The van der Waals surface area contributed by atoms with E-state index in [0.717, 1.165) is 18.5 Å². The number of likely N-dealkylation sites (N-methyl/N-ethyl adjacent to an activating group) is 1. The van der Waals surface area contributed by atoms with Gasteiger partial charge < -0.3 is 10.6 Å². The van der Waals surface area contributed by atoms with Gasteiger partial charge >= 0.3 is 0 Å². The molecule has 112 valence electrons. The molecule has 0 radical (unpaired) electrons. The van der Waals surface area contributed by atoms with Crippen LogP contribution in [0.3, 0.4) is 0 Å². The van der Waals surface area contributed by atoms with E-state index in [0.29, 0.717) is 29.5 Å². The predicted molar refractivity (Wildman–Crippen MR) is 85.1 cm³/mol. The SMILES string of the molecule is CCCCn1ncc(N(C)C(CN)C2CC2)c(Br)c1=O. The van der Waals surface area contributed by atoms with E-state index < -0.39 is 0 Å². The van der Waals surface area contributed by atoms with Gasteiger partial charge in [0.05, 0.1) is 11.9 Å². The normalized spacial score (nSPS) is 16.2. The molecule has 0 saturated heterocycles. The lowest BCUT2D eigenvalue weighted by Gasteiger charge is -2.29. The van der Waals surface area contributed by atoms with Gasteiger partial charge in [-0.3, -0.25) is 4.79 Å². The third-order valence-electron chi connectivity index (χ3n) is 3.98. The van der Waals surface area contributed by atoms with Crippen molar-refractivity contribution < 1.29 is 0 Å². The van der Waals surface area contributed by atoms with E-state index in [9.17, 15) is 4.79 Å². The van der Waals surface area contributed by atoms with Crippen LogP contribution < -0.4 is 16.2 Å². The molecule has 0 bridgehead atoms. The summed E-state index contributed by atoms with van der Waals surface area (Å²) in [5.74, 6) is 0.652. The molecular formula is C14H23BrN4O. The summed E-state index contributed by atoms with van der Waals surface area (Å²) in [4.78, 5) is 14.4. The van der Waals surface area contributed by atoms with E-state index in [-0.39, 0.29) is 5.56 Å². The van der Waals surface area contributed by atoms with Gasteiger partial charge in [0.2, 0.25) is 0 Å². The van der Waals surface area contributed by atoms with Crippen LogP contribution in [0.4, 0.5) is 5.69 Å². The minimum absolute atomic E-state index is 0.0608. The zero-order valence-corrected chi connectivity index (χ0v) is 13.8. The molecule has 1 saturated carbocycles.